The number of benzene rings is 2. The maximum Gasteiger partial charge on any atom is 0.337 e. The summed E-state index contributed by atoms with van der Waals surface area (Å²) >= 11 is 0. The molecule has 0 amide bonds. The van der Waals surface area contributed by atoms with Gasteiger partial charge in [0.2, 0.25) is 0 Å². The van der Waals surface area contributed by atoms with Crippen molar-refractivity contribution in [2.75, 3.05) is 7.11 Å². The van der Waals surface area contributed by atoms with Crippen LogP contribution in [0.3, 0.4) is 0 Å². The van der Waals surface area contributed by atoms with Gasteiger partial charge in [0.1, 0.15) is 0 Å². The molecule has 0 unspecified atom stereocenters. The third-order valence-electron chi connectivity index (χ3n) is 5.62. The van der Waals surface area contributed by atoms with E-state index in [-0.39, 0.29) is 5.97 Å². The molecule has 1 heterocycles. The number of esters is 1. The largest absolute Gasteiger partial charge is 0.465 e. The van der Waals surface area contributed by atoms with Gasteiger partial charge in [0.05, 0.1) is 24.4 Å². The third kappa shape index (κ3) is 3.59. The van der Waals surface area contributed by atoms with E-state index in [2.05, 4.69) is 42.1 Å². The molecule has 0 bridgehead atoms. The summed E-state index contributed by atoms with van der Waals surface area (Å²) in [6.07, 6.45) is 8.27. The van der Waals surface area contributed by atoms with Gasteiger partial charge >= 0.3 is 5.97 Å². The SMILES string of the molecule is COC(=O)c1ccc(C(=NC2CCCCC2)c2cn(C)c3ccccc23)cc1. The van der Waals surface area contributed by atoms with Crippen molar-refractivity contribution in [1.82, 2.24) is 4.57 Å². The quantitative estimate of drug-likeness (QED) is 0.469. The molecule has 4 nitrogen and oxygen atoms in total. The number of hydrogen-bond donors (Lipinski definition) is 0. The van der Waals surface area contributed by atoms with Gasteiger partial charge in [-0.1, -0.05) is 49.6 Å². The highest BCUT2D eigenvalue weighted by Crippen LogP contribution is 2.27. The number of aliphatic imine (C=N–C) groups is 1. The molecule has 2 aromatic carbocycles. The highest BCUT2D eigenvalue weighted by Gasteiger charge is 2.19. The molecule has 3 aromatic rings. The van der Waals surface area contributed by atoms with Crippen molar-refractivity contribution in [2.45, 2.75) is 38.1 Å². The minimum Gasteiger partial charge on any atom is -0.465 e. The molecule has 1 fully saturated rings. The van der Waals surface area contributed by atoms with Crippen LogP contribution in [-0.4, -0.2) is 29.4 Å². The molecule has 1 aromatic heterocycles. The average Bonchev–Trinajstić information content (AvgIpc) is 3.09. The Kier molecular flexibility index (Phi) is 5.29. The Morgan fingerprint density at radius 3 is 2.39 bits per heavy atom. The van der Waals surface area contributed by atoms with Crippen molar-refractivity contribution in [1.29, 1.82) is 0 Å². The fourth-order valence-corrected chi connectivity index (χ4v) is 4.10. The van der Waals surface area contributed by atoms with Gasteiger partial charge in [0.15, 0.2) is 0 Å². The van der Waals surface area contributed by atoms with E-state index in [4.69, 9.17) is 9.73 Å². The number of fused-ring (bicyclic) bond motifs is 1. The second-order valence-electron chi connectivity index (χ2n) is 7.51. The van der Waals surface area contributed by atoms with E-state index in [1.54, 1.807) is 0 Å². The van der Waals surface area contributed by atoms with E-state index >= 15 is 0 Å². The summed E-state index contributed by atoms with van der Waals surface area (Å²) in [5.74, 6) is -0.317. The van der Waals surface area contributed by atoms with Crippen LogP contribution in [0.5, 0.6) is 0 Å². The Morgan fingerprint density at radius 2 is 1.68 bits per heavy atom. The standard InChI is InChI=1S/C24H26N2O2/c1-26-16-21(20-10-6-7-11-22(20)26)23(25-19-8-4-3-5-9-19)17-12-14-18(15-13-17)24(27)28-2/h6-7,10-16,19H,3-5,8-9H2,1-2H3. The fourth-order valence-electron chi connectivity index (χ4n) is 4.10. The molecule has 0 spiro atoms. The number of para-hydroxylation sites is 1. The number of carbonyl (C=O) groups excluding carboxylic acids is 1. The molecule has 1 aliphatic rings. The van der Waals surface area contributed by atoms with Crippen LogP contribution in [0.1, 0.15) is 53.6 Å². The van der Waals surface area contributed by atoms with E-state index in [1.807, 2.05) is 24.3 Å². The zero-order valence-corrected chi connectivity index (χ0v) is 16.5. The number of ether oxygens (including phenoxy) is 1. The van der Waals surface area contributed by atoms with Crippen LogP contribution in [0.25, 0.3) is 10.9 Å². The van der Waals surface area contributed by atoms with Crippen LogP contribution in [0, 0.1) is 0 Å². The maximum atomic E-state index is 11.8. The first-order valence-corrected chi connectivity index (χ1v) is 9.98. The first-order valence-electron chi connectivity index (χ1n) is 9.98. The molecule has 4 rings (SSSR count). The lowest BCUT2D eigenvalue weighted by Gasteiger charge is -2.19. The van der Waals surface area contributed by atoms with Crippen LogP contribution < -0.4 is 0 Å². The van der Waals surface area contributed by atoms with Crippen LogP contribution in [0.15, 0.2) is 59.7 Å². The molecular weight excluding hydrogens is 348 g/mol. The Labute approximate surface area is 165 Å². The van der Waals surface area contributed by atoms with Crippen LogP contribution in [-0.2, 0) is 11.8 Å². The van der Waals surface area contributed by atoms with Gasteiger partial charge in [0.25, 0.3) is 0 Å². The van der Waals surface area contributed by atoms with Gasteiger partial charge in [-0.3, -0.25) is 4.99 Å². The molecule has 0 saturated heterocycles. The zero-order valence-electron chi connectivity index (χ0n) is 16.5. The lowest BCUT2D eigenvalue weighted by molar-refractivity contribution is 0.0600. The Morgan fingerprint density at radius 1 is 1.00 bits per heavy atom. The molecule has 0 N–H and O–H groups in total. The molecule has 0 radical (unpaired) electrons. The highest BCUT2D eigenvalue weighted by atomic mass is 16.5. The van der Waals surface area contributed by atoms with Gasteiger partial charge in [-0.15, -0.1) is 0 Å². The lowest BCUT2D eigenvalue weighted by Crippen LogP contribution is -2.14. The molecular formula is C24H26N2O2. The van der Waals surface area contributed by atoms with E-state index in [1.165, 1.54) is 37.3 Å². The first-order chi connectivity index (χ1) is 13.7. The van der Waals surface area contributed by atoms with Crippen molar-refractivity contribution in [3.05, 3.63) is 71.4 Å². The number of aromatic nitrogens is 1. The number of rotatable bonds is 4. The minimum atomic E-state index is -0.317. The summed E-state index contributed by atoms with van der Waals surface area (Å²) in [6.45, 7) is 0. The summed E-state index contributed by atoms with van der Waals surface area (Å²) in [5.41, 5.74) is 4.95. The molecule has 1 aliphatic carbocycles. The number of carbonyl (C=O) groups is 1. The number of nitrogens with zero attached hydrogens (tertiary/aromatic N) is 2. The molecule has 28 heavy (non-hydrogen) atoms. The molecule has 0 atom stereocenters. The summed E-state index contributed by atoms with van der Waals surface area (Å²) in [7, 11) is 3.48. The highest BCUT2D eigenvalue weighted by molar-refractivity contribution is 6.19. The second-order valence-corrected chi connectivity index (χ2v) is 7.51. The Balaban J connectivity index is 1.82. The van der Waals surface area contributed by atoms with E-state index in [0.717, 1.165) is 29.7 Å². The Bertz CT molecular complexity index is 1010. The normalized spacial score (nSPS) is 15.7. The summed E-state index contributed by atoms with van der Waals surface area (Å²) < 4.78 is 6.99. The van der Waals surface area contributed by atoms with Crippen LogP contribution in [0.4, 0.5) is 0 Å². The van der Waals surface area contributed by atoms with E-state index < -0.39 is 0 Å². The smallest absolute Gasteiger partial charge is 0.337 e. The average molecular weight is 374 g/mol. The van der Waals surface area contributed by atoms with Gasteiger partial charge < -0.3 is 9.30 Å². The maximum absolute atomic E-state index is 11.8. The predicted octanol–water partition coefficient (Wildman–Crippen LogP) is 5.14. The molecule has 1 saturated carbocycles. The van der Waals surface area contributed by atoms with Gasteiger partial charge in [-0.05, 0) is 31.0 Å². The van der Waals surface area contributed by atoms with Crippen LogP contribution in [0.2, 0.25) is 0 Å². The zero-order chi connectivity index (χ0) is 19.5. The second kappa shape index (κ2) is 8.01. The Hall–Kier alpha value is -2.88. The molecule has 0 aliphatic heterocycles. The van der Waals surface area contributed by atoms with Crippen molar-refractivity contribution < 1.29 is 9.53 Å². The van der Waals surface area contributed by atoms with Gasteiger partial charge in [-0.2, -0.15) is 0 Å². The van der Waals surface area contributed by atoms with Crippen molar-refractivity contribution in [3.8, 4) is 0 Å². The van der Waals surface area contributed by atoms with Gasteiger partial charge in [-0.25, -0.2) is 4.79 Å². The first kappa shape index (κ1) is 18.5. The molecule has 144 valence electrons. The third-order valence-corrected chi connectivity index (χ3v) is 5.62. The lowest BCUT2D eigenvalue weighted by atomic mass is 9.94. The summed E-state index contributed by atoms with van der Waals surface area (Å²) in [6, 6.07) is 16.4. The number of hydrogen-bond acceptors (Lipinski definition) is 3. The minimum absolute atomic E-state index is 0.317. The predicted molar refractivity (Wildman–Crippen MR) is 113 cm³/mol. The van der Waals surface area contributed by atoms with Crippen molar-refractivity contribution in [2.24, 2.45) is 12.0 Å². The fraction of sp³-hybridized carbons (Fsp3) is 0.333. The number of methoxy groups -OCH3 is 1. The van der Waals surface area contributed by atoms with E-state index in [0.29, 0.717) is 11.6 Å². The topological polar surface area (TPSA) is 43.6 Å². The monoisotopic (exact) mass is 374 g/mol. The van der Waals surface area contributed by atoms with Crippen molar-refractivity contribution in [3.63, 3.8) is 0 Å². The summed E-state index contributed by atoms with van der Waals surface area (Å²) in [4.78, 5) is 17.0. The van der Waals surface area contributed by atoms with E-state index in [9.17, 15) is 4.79 Å². The van der Waals surface area contributed by atoms with Gasteiger partial charge in [0, 0.05) is 35.3 Å². The molecule has 4 heteroatoms. The summed E-state index contributed by atoms with van der Waals surface area (Å²) in [5, 5.41) is 1.21. The van der Waals surface area contributed by atoms with Crippen molar-refractivity contribution >= 4 is 22.6 Å². The number of aryl methyl sites for hydroxylation is 1. The van der Waals surface area contributed by atoms with Crippen LogP contribution >= 0.6 is 0 Å².